The Morgan fingerprint density at radius 1 is 1.07 bits per heavy atom. The van der Waals surface area contributed by atoms with Crippen LogP contribution in [0.5, 0.6) is 0 Å². The summed E-state index contributed by atoms with van der Waals surface area (Å²) in [7, 11) is 0. The third-order valence-corrected chi connectivity index (χ3v) is 11.1. The first kappa shape index (κ1) is 32.4. The summed E-state index contributed by atoms with van der Waals surface area (Å²) in [4.78, 5) is 16.4. The quantitative estimate of drug-likeness (QED) is 0.111. The molecule has 0 aromatic rings. The Morgan fingerprint density at radius 2 is 1.85 bits per heavy atom. The third-order valence-electron chi connectivity index (χ3n) is 11.1. The van der Waals surface area contributed by atoms with Crippen LogP contribution in [0.2, 0.25) is 0 Å². The van der Waals surface area contributed by atoms with Crippen molar-refractivity contribution in [1.82, 2.24) is 0 Å². The second-order valence-electron chi connectivity index (χ2n) is 14.1. The summed E-state index contributed by atoms with van der Waals surface area (Å²) < 4.78 is 0. The molecule has 0 radical (unpaired) electrons. The lowest BCUT2D eigenvalue weighted by Gasteiger charge is -2.32. The molecule has 0 bridgehead atoms. The molecule has 6 nitrogen and oxygen atoms in total. The number of nitrogens with zero attached hydrogens (tertiary/aromatic N) is 1. The minimum absolute atomic E-state index is 0.181. The molecular formula is C35H57NO5. The van der Waals surface area contributed by atoms with E-state index >= 15 is 0 Å². The predicted octanol–water partition coefficient (Wildman–Crippen LogP) is 7.01. The van der Waals surface area contributed by atoms with Gasteiger partial charge in [0, 0.05) is 12.1 Å². The number of aliphatic hydroxyl groups excluding tert-OH is 2. The van der Waals surface area contributed by atoms with E-state index in [1.54, 1.807) is 0 Å². The summed E-state index contributed by atoms with van der Waals surface area (Å²) in [6, 6.07) is 0. The highest BCUT2D eigenvalue weighted by atomic mass is 16.4. The molecular weight excluding hydrogens is 514 g/mol. The largest absolute Gasteiger partial charge is 0.481 e. The molecule has 4 rings (SSSR count). The van der Waals surface area contributed by atoms with Gasteiger partial charge in [-0.3, -0.25) is 9.79 Å². The van der Waals surface area contributed by atoms with Gasteiger partial charge < -0.3 is 20.4 Å². The highest BCUT2D eigenvalue weighted by Crippen LogP contribution is 2.60. The molecule has 4 aliphatic rings. The van der Waals surface area contributed by atoms with Crippen LogP contribution >= 0.6 is 0 Å². The van der Waals surface area contributed by atoms with E-state index in [2.05, 4.69) is 30.1 Å². The van der Waals surface area contributed by atoms with E-state index in [-0.39, 0.29) is 17.4 Å². The molecule has 2 fully saturated rings. The smallest absolute Gasteiger partial charge is 0.309 e. The number of allylic oxidation sites excluding steroid dienone is 2. The molecule has 1 aliphatic heterocycles. The molecule has 1 heterocycles. The number of carbonyl (C=O) groups is 1. The molecule has 0 aromatic carbocycles. The lowest BCUT2D eigenvalue weighted by molar-refractivity contribution is -0.146. The van der Waals surface area contributed by atoms with Gasteiger partial charge in [-0.05, 0) is 93.5 Å². The van der Waals surface area contributed by atoms with Crippen molar-refractivity contribution in [2.45, 2.75) is 147 Å². The first-order valence-electron chi connectivity index (χ1n) is 16.9. The van der Waals surface area contributed by atoms with Crippen molar-refractivity contribution in [2.24, 2.45) is 34.1 Å². The Bertz CT molecular complexity index is 922. The van der Waals surface area contributed by atoms with Gasteiger partial charge >= 0.3 is 5.97 Å². The summed E-state index contributed by atoms with van der Waals surface area (Å²) in [5.74, 6) is -0.590. The fourth-order valence-corrected chi connectivity index (χ4v) is 8.67. The average Bonchev–Trinajstić information content (AvgIpc) is 3.68. The molecule has 3 aliphatic carbocycles. The number of carboxylic acids is 1. The Labute approximate surface area is 248 Å². The Balaban J connectivity index is 1.19. The first-order chi connectivity index (χ1) is 19.7. The van der Waals surface area contributed by atoms with E-state index in [9.17, 15) is 25.2 Å². The minimum Gasteiger partial charge on any atom is -0.481 e. The maximum atomic E-state index is 12.1. The van der Waals surface area contributed by atoms with E-state index in [1.807, 2.05) is 6.21 Å². The van der Waals surface area contributed by atoms with Crippen molar-refractivity contribution in [3.63, 3.8) is 0 Å². The topological polar surface area (TPSA) is 110 Å². The van der Waals surface area contributed by atoms with Gasteiger partial charge in [-0.25, -0.2) is 0 Å². The Hall–Kier alpha value is -1.50. The average molecular weight is 572 g/mol. The van der Waals surface area contributed by atoms with E-state index in [0.717, 1.165) is 70.8 Å². The van der Waals surface area contributed by atoms with Crippen LogP contribution in [0.3, 0.4) is 0 Å². The Morgan fingerprint density at radius 3 is 2.54 bits per heavy atom. The summed E-state index contributed by atoms with van der Waals surface area (Å²) in [6.45, 7) is 2.98. The number of aliphatic carboxylic acids is 1. The normalized spacial score (nSPS) is 32.0. The van der Waals surface area contributed by atoms with Crippen molar-refractivity contribution in [1.29, 1.82) is 0 Å². The molecule has 0 saturated heterocycles. The SMILES string of the molecule is CCCCC[C@@H]1C=C[C@@H](CCCCC[C@H](C(=O)O)[C@H](O)CC[C@@]2(O)C[C@@H](CC3=CCN=C3)C3(CCCC3)C2)[C@H](O)C1. The van der Waals surface area contributed by atoms with Crippen molar-refractivity contribution in [3.05, 3.63) is 23.8 Å². The van der Waals surface area contributed by atoms with Crippen molar-refractivity contribution in [3.8, 4) is 0 Å². The number of aliphatic hydroxyl groups is 3. The van der Waals surface area contributed by atoms with Gasteiger partial charge in [0.1, 0.15) is 0 Å². The monoisotopic (exact) mass is 571 g/mol. The van der Waals surface area contributed by atoms with E-state index < -0.39 is 23.6 Å². The second kappa shape index (κ2) is 15.3. The highest BCUT2D eigenvalue weighted by Gasteiger charge is 2.54. The number of unbranched alkanes of at least 4 members (excludes halogenated alkanes) is 4. The molecule has 0 amide bonds. The number of carboxylic acid groups (broad SMARTS) is 1. The third kappa shape index (κ3) is 9.00. The molecule has 41 heavy (non-hydrogen) atoms. The number of hydrogen-bond donors (Lipinski definition) is 4. The van der Waals surface area contributed by atoms with Crippen LogP contribution in [-0.2, 0) is 4.79 Å². The molecule has 6 heteroatoms. The van der Waals surface area contributed by atoms with Crippen LogP contribution in [0, 0.1) is 29.1 Å². The summed E-state index contributed by atoms with van der Waals surface area (Å²) in [5.41, 5.74) is 0.649. The van der Waals surface area contributed by atoms with E-state index in [0.29, 0.717) is 31.1 Å². The molecule has 0 aromatic heterocycles. The van der Waals surface area contributed by atoms with Crippen LogP contribution < -0.4 is 0 Å². The maximum Gasteiger partial charge on any atom is 0.309 e. The standard InChI is InChI=1S/C35H57NO5/c1-2-3-5-10-26-13-14-28(32(38)22-26)11-6-4-7-12-30(33(39)40)31(37)15-19-35(41)23-29(21-27-16-20-36-24-27)34(25-35)17-8-9-18-34/h13-14,16,24,26,28-32,37-38,41H,2-12,15,17-23,25H2,1H3,(H,39,40)/t26-,28-,29-,30+,31-,32-,35-/m1/s1. The van der Waals surface area contributed by atoms with Crippen molar-refractivity contribution >= 4 is 12.2 Å². The number of hydrogen-bond acceptors (Lipinski definition) is 5. The molecule has 7 atom stereocenters. The molecule has 4 N–H and O–H groups in total. The predicted molar refractivity (Wildman–Crippen MR) is 165 cm³/mol. The number of aliphatic imine (C=N–C) groups is 1. The molecule has 0 unspecified atom stereocenters. The van der Waals surface area contributed by atoms with E-state index in [1.165, 1.54) is 44.1 Å². The summed E-state index contributed by atoms with van der Waals surface area (Å²) in [6.07, 6.45) is 25.3. The van der Waals surface area contributed by atoms with Gasteiger partial charge in [0.05, 0.1) is 30.3 Å². The molecule has 1 spiro atoms. The lowest BCUT2D eigenvalue weighted by Crippen LogP contribution is -2.33. The van der Waals surface area contributed by atoms with Gasteiger partial charge in [-0.2, -0.15) is 0 Å². The lowest BCUT2D eigenvalue weighted by atomic mass is 9.73. The first-order valence-corrected chi connectivity index (χ1v) is 16.9. The van der Waals surface area contributed by atoms with Crippen molar-refractivity contribution in [2.75, 3.05) is 6.54 Å². The van der Waals surface area contributed by atoms with Crippen molar-refractivity contribution < 1.29 is 25.2 Å². The summed E-state index contributed by atoms with van der Waals surface area (Å²) in [5, 5.41) is 43.1. The van der Waals surface area contributed by atoms with Gasteiger partial charge in [0.2, 0.25) is 0 Å². The Kier molecular flexibility index (Phi) is 12.1. The van der Waals surface area contributed by atoms with Crippen LogP contribution in [0.1, 0.15) is 129 Å². The van der Waals surface area contributed by atoms with Crippen LogP contribution in [-0.4, -0.2) is 57.0 Å². The zero-order valence-corrected chi connectivity index (χ0v) is 25.6. The zero-order valence-electron chi connectivity index (χ0n) is 25.6. The van der Waals surface area contributed by atoms with Gasteiger partial charge in [-0.15, -0.1) is 0 Å². The van der Waals surface area contributed by atoms with Crippen LogP contribution in [0.15, 0.2) is 28.8 Å². The van der Waals surface area contributed by atoms with Crippen LogP contribution in [0.4, 0.5) is 0 Å². The van der Waals surface area contributed by atoms with E-state index in [4.69, 9.17) is 0 Å². The summed E-state index contributed by atoms with van der Waals surface area (Å²) >= 11 is 0. The van der Waals surface area contributed by atoms with Crippen LogP contribution in [0.25, 0.3) is 0 Å². The number of rotatable bonds is 17. The van der Waals surface area contributed by atoms with Gasteiger partial charge in [-0.1, -0.05) is 76.5 Å². The highest BCUT2D eigenvalue weighted by molar-refractivity contribution is 5.80. The second-order valence-corrected chi connectivity index (χ2v) is 14.1. The molecule has 232 valence electrons. The fraction of sp³-hybridized carbons (Fsp3) is 0.829. The van der Waals surface area contributed by atoms with Gasteiger partial charge in [0.25, 0.3) is 0 Å². The maximum absolute atomic E-state index is 12.1. The molecule has 2 saturated carbocycles. The minimum atomic E-state index is -0.937. The fourth-order valence-electron chi connectivity index (χ4n) is 8.67. The zero-order chi connectivity index (χ0) is 29.3. The van der Waals surface area contributed by atoms with Gasteiger partial charge in [0.15, 0.2) is 0 Å².